The lowest BCUT2D eigenvalue weighted by molar-refractivity contribution is -0.125. The van der Waals surface area contributed by atoms with Gasteiger partial charge in [0.25, 0.3) is 0 Å². The molecule has 0 radical (unpaired) electrons. The van der Waals surface area contributed by atoms with Crippen LogP contribution in [-0.4, -0.2) is 21.1 Å². The lowest BCUT2D eigenvalue weighted by atomic mass is 9.91. The number of hydrogen-bond acceptors (Lipinski definition) is 3. The predicted octanol–water partition coefficient (Wildman–Crippen LogP) is -0.0147. The summed E-state index contributed by atoms with van der Waals surface area (Å²) in [6, 6.07) is 0. The van der Waals surface area contributed by atoms with Gasteiger partial charge in [-0.25, -0.2) is 4.72 Å². The summed E-state index contributed by atoms with van der Waals surface area (Å²) >= 11 is -2.34. The largest absolute Gasteiger partial charge is 0.760 e. The molecule has 4 nitrogen and oxygen atoms in total. The fourth-order valence-electron chi connectivity index (χ4n) is 0.390. The normalized spacial score (nSPS) is 14.5. The molecular weight excluding hydrogens is 166 g/mol. The number of hydrogen-bond donors (Lipinski definition) is 1. The van der Waals surface area contributed by atoms with E-state index in [4.69, 9.17) is 0 Å². The van der Waals surface area contributed by atoms with Gasteiger partial charge in [-0.05, 0) is 0 Å². The van der Waals surface area contributed by atoms with Gasteiger partial charge in [0.1, 0.15) is 0 Å². The smallest absolute Gasteiger partial charge is 0.152 e. The highest BCUT2D eigenvalue weighted by molar-refractivity contribution is 7.77. The summed E-state index contributed by atoms with van der Waals surface area (Å²) in [6.07, 6.45) is 0. The third kappa shape index (κ3) is 5.06. The van der Waals surface area contributed by atoms with E-state index in [1.807, 2.05) is 4.72 Å². The van der Waals surface area contributed by atoms with Crippen molar-refractivity contribution >= 4 is 17.0 Å². The molecule has 0 saturated heterocycles. The van der Waals surface area contributed by atoms with Gasteiger partial charge in [-0.3, -0.25) is 9.00 Å². The lowest BCUT2D eigenvalue weighted by Gasteiger charge is -2.17. The zero-order valence-electron chi connectivity index (χ0n) is 6.84. The minimum atomic E-state index is -2.34. The Bertz CT molecular complexity index is 173. The van der Waals surface area contributed by atoms with Gasteiger partial charge in [0.05, 0.1) is 6.54 Å². The molecule has 0 spiro atoms. The summed E-state index contributed by atoms with van der Waals surface area (Å²) in [6.45, 7) is 5.10. The van der Waals surface area contributed by atoms with Gasteiger partial charge in [0, 0.05) is 16.7 Å². The van der Waals surface area contributed by atoms with Crippen LogP contribution in [0.5, 0.6) is 0 Å². The maximum atomic E-state index is 11.0. The summed E-state index contributed by atoms with van der Waals surface area (Å²) in [4.78, 5) is 11.0. The molecule has 0 saturated carbocycles. The van der Waals surface area contributed by atoms with Crippen LogP contribution in [0.3, 0.4) is 0 Å². The van der Waals surface area contributed by atoms with Crippen LogP contribution < -0.4 is 4.72 Å². The zero-order valence-corrected chi connectivity index (χ0v) is 7.66. The first-order valence-electron chi connectivity index (χ1n) is 3.20. The van der Waals surface area contributed by atoms with Crippen molar-refractivity contribution in [3.05, 3.63) is 0 Å². The van der Waals surface area contributed by atoms with E-state index in [9.17, 15) is 13.6 Å². The molecule has 0 rings (SSSR count). The fourth-order valence-corrected chi connectivity index (χ4v) is 0.639. The highest BCUT2D eigenvalue weighted by Gasteiger charge is 2.19. The Labute approximate surface area is 68.8 Å². The Kier molecular flexibility index (Phi) is 3.85. The Morgan fingerprint density at radius 1 is 1.55 bits per heavy atom. The summed E-state index contributed by atoms with van der Waals surface area (Å²) in [5.74, 6) is -0.123. The molecule has 0 bridgehead atoms. The van der Waals surface area contributed by atoms with Crippen LogP contribution >= 0.6 is 0 Å². The van der Waals surface area contributed by atoms with Crippen LogP contribution in [-0.2, 0) is 16.1 Å². The van der Waals surface area contributed by atoms with Gasteiger partial charge in [0.15, 0.2) is 5.78 Å². The van der Waals surface area contributed by atoms with E-state index in [0.29, 0.717) is 0 Å². The second kappa shape index (κ2) is 3.94. The molecule has 0 aliphatic rings. The number of Topliss-reactive ketones (excluding diaryl/α,β-unsaturated/α-hetero) is 1. The maximum Gasteiger partial charge on any atom is 0.152 e. The lowest BCUT2D eigenvalue weighted by Crippen LogP contribution is -2.32. The summed E-state index contributed by atoms with van der Waals surface area (Å²) in [7, 11) is 0. The summed E-state index contributed by atoms with van der Waals surface area (Å²) < 4.78 is 22.0. The van der Waals surface area contributed by atoms with E-state index in [-0.39, 0.29) is 12.3 Å². The molecule has 0 aliphatic heterocycles. The van der Waals surface area contributed by atoms with Crippen molar-refractivity contribution in [1.29, 1.82) is 0 Å². The Morgan fingerprint density at radius 2 is 2.00 bits per heavy atom. The minimum Gasteiger partial charge on any atom is -0.760 e. The zero-order chi connectivity index (χ0) is 9.07. The number of rotatable bonds is 3. The second-order valence-corrected chi connectivity index (χ2v) is 3.99. The van der Waals surface area contributed by atoms with E-state index in [1.54, 1.807) is 20.8 Å². The van der Waals surface area contributed by atoms with Crippen LogP contribution in [0.1, 0.15) is 20.8 Å². The van der Waals surface area contributed by atoms with E-state index in [2.05, 4.69) is 0 Å². The molecule has 66 valence electrons. The average molecular weight is 178 g/mol. The highest BCUT2D eigenvalue weighted by Crippen LogP contribution is 2.13. The fraction of sp³-hybridized carbons (Fsp3) is 0.833. The van der Waals surface area contributed by atoms with E-state index < -0.39 is 16.7 Å². The van der Waals surface area contributed by atoms with Gasteiger partial charge in [0.2, 0.25) is 0 Å². The van der Waals surface area contributed by atoms with Crippen molar-refractivity contribution in [3.8, 4) is 0 Å². The Morgan fingerprint density at radius 3 is 2.27 bits per heavy atom. The van der Waals surface area contributed by atoms with Crippen molar-refractivity contribution < 1.29 is 13.6 Å². The molecule has 0 amide bonds. The Balaban J connectivity index is 3.80. The van der Waals surface area contributed by atoms with Crippen molar-refractivity contribution in [2.75, 3.05) is 6.54 Å². The van der Waals surface area contributed by atoms with Gasteiger partial charge < -0.3 is 4.55 Å². The summed E-state index contributed by atoms with van der Waals surface area (Å²) in [5.41, 5.74) is -0.480. The van der Waals surface area contributed by atoms with E-state index in [1.165, 1.54) is 0 Å². The van der Waals surface area contributed by atoms with Gasteiger partial charge >= 0.3 is 0 Å². The van der Waals surface area contributed by atoms with Crippen LogP contribution in [0.15, 0.2) is 0 Å². The van der Waals surface area contributed by atoms with Crippen molar-refractivity contribution in [2.45, 2.75) is 20.8 Å². The molecule has 1 unspecified atom stereocenters. The second-order valence-electron chi connectivity index (χ2n) is 3.23. The van der Waals surface area contributed by atoms with Crippen molar-refractivity contribution in [1.82, 2.24) is 4.72 Å². The molecule has 0 aliphatic carbocycles. The molecule has 5 heteroatoms. The molecular formula is C6H12NO3S-. The number of carbonyl (C=O) groups excluding carboxylic acids is 1. The Hall–Kier alpha value is -0.260. The topological polar surface area (TPSA) is 69.2 Å². The summed E-state index contributed by atoms with van der Waals surface area (Å²) in [5, 5.41) is 0. The third-order valence-electron chi connectivity index (χ3n) is 1.19. The van der Waals surface area contributed by atoms with Crippen LogP contribution in [0.2, 0.25) is 0 Å². The molecule has 0 heterocycles. The first-order valence-corrected chi connectivity index (χ1v) is 4.27. The van der Waals surface area contributed by atoms with Crippen LogP contribution in [0.25, 0.3) is 0 Å². The van der Waals surface area contributed by atoms with Gasteiger partial charge in [-0.1, -0.05) is 20.8 Å². The first-order chi connectivity index (χ1) is 4.84. The average Bonchev–Trinajstić information content (AvgIpc) is 1.80. The first kappa shape index (κ1) is 10.7. The van der Waals surface area contributed by atoms with Gasteiger partial charge in [-0.2, -0.15) is 0 Å². The molecule has 0 aromatic heterocycles. The standard InChI is InChI=1S/C6H13NO3S/c1-6(2,3)5(8)4-7-11(9)10/h7H,4H2,1-3H3,(H,9,10)/p-1. The molecule has 11 heavy (non-hydrogen) atoms. The maximum absolute atomic E-state index is 11.0. The number of nitrogens with one attached hydrogen (secondary N) is 1. The number of ketones is 1. The predicted molar refractivity (Wildman–Crippen MR) is 41.4 cm³/mol. The van der Waals surface area contributed by atoms with E-state index in [0.717, 1.165) is 0 Å². The van der Waals surface area contributed by atoms with E-state index >= 15 is 0 Å². The quantitative estimate of drug-likeness (QED) is 0.618. The molecule has 1 N–H and O–H groups in total. The minimum absolute atomic E-state index is 0.123. The van der Waals surface area contributed by atoms with Crippen LogP contribution in [0.4, 0.5) is 0 Å². The van der Waals surface area contributed by atoms with Gasteiger partial charge in [-0.15, -0.1) is 0 Å². The highest BCUT2D eigenvalue weighted by atomic mass is 32.2. The molecule has 1 atom stereocenters. The monoisotopic (exact) mass is 178 g/mol. The molecule has 0 aromatic rings. The molecule has 0 fully saturated rings. The number of carbonyl (C=O) groups is 1. The molecule has 0 aromatic carbocycles. The van der Waals surface area contributed by atoms with Crippen molar-refractivity contribution in [3.63, 3.8) is 0 Å². The third-order valence-corrected chi connectivity index (χ3v) is 1.57. The SMILES string of the molecule is CC(C)(C)C(=O)CNS(=O)[O-]. The van der Waals surface area contributed by atoms with Crippen molar-refractivity contribution in [2.24, 2.45) is 5.41 Å². The van der Waals surface area contributed by atoms with Crippen LogP contribution in [0, 0.1) is 5.41 Å².